The lowest BCUT2D eigenvalue weighted by Gasteiger charge is -2.45. The molecule has 1 aromatic heterocycles. The summed E-state index contributed by atoms with van der Waals surface area (Å²) in [6, 6.07) is 3.82. The van der Waals surface area contributed by atoms with Crippen LogP contribution >= 0.6 is 0 Å². The molecule has 26 heavy (non-hydrogen) atoms. The zero-order valence-electron chi connectivity index (χ0n) is 16.7. The second-order valence-electron chi connectivity index (χ2n) is 7.77. The van der Waals surface area contributed by atoms with Gasteiger partial charge in [-0.15, -0.1) is 0 Å². The molecule has 2 aliphatic heterocycles. The lowest BCUT2D eigenvalue weighted by Crippen LogP contribution is -2.56. The van der Waals surface area contributed by atoms with Crippen molar-refractivity contribution in [2.24, 2.45) is 4.99 Å². The van der Waals surface area contributed by atoms with Gasteiger partial charge in [0.25, 0.3) is 0 Å². The van der Waals surface area contributed by atoms with Crippen molar-refractivity contribution in [1.29, 1.82) is 0 Å². The lowest BCUT2D eigenvalue weighted by atomic mass is 9.83. The fourth-order valence-corrected chi connectivity index (χ4v) is 4.10. The highest BCUT2D eigenvalue weighted by Gasteiger charge is 2.34. The van der Waals surface area contributed by atoms with Gasteiger partial charge in [0.2, 0.25) is 5.96 Å². The van der Waals surface area contributed by atoms with E-state index in [1.807, 2.05) is 26.0 Å². The van der Waals surface area contributed by atoms with Crippen molar-refractivity contribution >= 4 is 11.8 Å². The number of hydrogen-bond acceptors (Lipinski definition) is 4. The second kappa shape index (κ2) is 8.12. The van der Waals surface area contributed by atoms with Gasteiger partial charge in [-0.25, -0.2) is 0 Å². The molecule has 0 aliphatic carbocycles. The molecule has 0 amide bonds. The molecular formula is C19H33N7. The van der Waals surface area contributed by atoms with E-state index in [0.717, 1.165) is 23.3 Å². The molecule has 144 valence electrons. The maximum absolute atomic E-state index is 4.91. The van der Waals surface area contributed by atoms with Gasteiger partial charge in [0, 0.05) is 51.0 Å². The van der Waals surface area contributed by atoms with Crippen molar-refractivity contribution in [3.63, 3.8) is 0 Å². The molecule has 0 saturated carbocycles. The number of guanidine groups is 1. The first-order valence-corrected chi connectivity index (χ1v) is 9.66. The molecule has 0 spiro atoms. The van der Waals surface area contributed by atoms with Gasteiger partial charge in [-0.2, -0.15) is 10.1 Å². The maximum Gasteiger partial charge on any atom is 0.202 e. The minimum atomic E-state index is 0.526. The summed E-state index contributed by atoms with van der Waals surface area (Å²) in [7, 11) is 6.29. The second-order valence-corrected chi connectivity index (χ2v) is 7.77. The minimum absolute atomic E-state index is 0.526. The van der Waals surface area contributed by atoms with Crippen LogP contribution in [0.5, 0.6) is 0 Å². The topological polar surface area (TPSA) is 71.6 Å². The highest BCUT2D eigenvalue weighted by molar-refractivity contribution is 5.81. The fourth-order valence-electron chi connectivity index (χ4n) is 4.10. The van der Waals surface area contributed by atoms with Crippen molar-refractivity contribution < 1.29 is 0 Å². The van der Waals surface area contributed by atoms with Gasteiger partial charge in [0.05, 0.1) is 0 Å². The number of fused-ring (bicyclic) bond motifs is 2. The van der Waals surface area contributed by atoms with Crippen molar-refractivity contribution in [1.82, 2.24) is 25.3 Å². The number of aryl methyl sites for hydroxylation is 1. The van der Waals surface area contributed by atoms with Gasteiger partial charge in [-0.05, 0) is 45.6 Å². The molecule has 7 heteroatoms. The van der Waals surface area contributed by atoms with Crippen molar-refractivity contribution in [2.75, 3.05) is 26.5 Å². The first-order chi connectivity index (χ1) is 12.5. The molecule has 2 fully saturated rings. The molecule has 0 aromatic carbocycles. The number of nitrogens with one attached hydrogen (secondary N) is 3. The van der Waals surface area contributed by atoms with E-state index in [-0.39, 0.29) is 0 Å². The number of aromatic nitrogens is 2. The largest absolute Gasteiger partial charge is 0.349 e. The van der Waals surface area contributed by atoms with Crippen LogP contribution in [-0.4, -0.2) is 65.2 Å². The number of aromatic amines is 1. The Hall–Kier alpha value is -2.02. The zero-order valence-corrected chi connectivity index (χ0v) is 16.7. The van der Waals surface area contributed by atoms with Crippen LogP contribution in [-0.2, 0) is 0 Å². The third-order valence-electron chi connectivity index (χ3n) is 5.41. The van der Waals surface area contributed by atoms with Gasteiger partial charge < -0.3 is 20.4 Å². The zero-order chi connectivity index (χ0) is 18.7. The maximum atomic E-state index is 4.91. The van der Waals surface area contributed by atoms with Gasteiger partial charge in [0.15, 0.2) is 5.82 Å². The third kappa shape index (κ3) is 4.38. The normalized spacial score (nSPS) is 26.6. The Morgan fingerprint density at radius 2 is 1.96 bits per heavy atom. The molecule has 2 aliphatic rings. The fraction of sp³-hybridized carbons (Fsp3) is 0.684. The van der Waals surface area contributed by atoms with Crippen LogP contribution in [0.15, 0.2) is 23.0 Å². The van der Waals surface area contributed by atoms with Crippen molar-refractivity contribution in [3.8, 4) is 0 Å². The molecule has 2 saturated heterocycles. The van der Waals surface area contributed by atoms with Gasteiger partial charge in [-0.1, -0.05) is 6.42 Å². The summed E-state index contributed by atoms with van der Waals surface area (Å²) >= 11 is 0. The molecule has 2 bridgehead atoms. The number of nitrogens with zero attached hydrogens (tertiary/aromatic N) is 4. The first kappa shape index (κ1) is 18.8. The summed E-state index contributed by atoms with van der Waals surface area (Å²) in [6.45, 7) is 3.98. The van der Waals surface area contributed by atoms with E-state index in [4.69, 9.17) is 4.99 Å². The quantitative estimate of drug-likeness (QED) is 0.569. The SMILES string of the molecule is C/C=C(\N=C(N(C)C)N(C)C1CC2CCCC(C1)N2)Nc1cc(C)[nH]n1. The van der Waals surface area contributed by atoms with Crippen LogP contribution in [0.1, 0.15) is 44.7 Å². The highest BCUT2D eigenvalue weighted by atomic mass is 15.4. The number of piperidine rings is 2. The standard InChI is InChI=1S/C19H33N7/c1-6-17(21-18-10-13(2)23-24-18)22-19(25(3)4)26(5)16-11-14-8-7-9-15(12-16)20-14/h6,10,14-16,20H,7-9,11-12H2,1-5H3,(H2,21,23,24)/b17-6-,22-19?. The van der Waals surface area contributed by atoms with Crippen LogP contribution in [0.3, 0.4) is 0 Å². The van der Waals surface area contributed by atoms with Crippen molar-refractivity contribution in [2.45, 2.75) is 64.1 Å². The molecule has 3 N–H and O–H groups in total. The molecular weight excluding hydrogens is 326 g/mol. The summed E-state index contributed by atoms with van der Waals surface area (Å²) in [5.74, 6) is 2.57. The van der Waals surface area contributed by atoms with Gasteiger partial charge in [0.1, 0.15) is 5.82 Å². The summed E-state index contributed by atoms with van der Waals surface area (Å²) in [6.07, 6.45) is 8.33. The van der Waals surface area contributed by atoms with E-state index < -0.39 is 0 Å². The highest BCUT2D eigenvalue weighted by Crippen LogP contribution is 2.28. The van der Waals surface area contributed by atoms with E-state index in [1.54, 1.807) is 0 Å². The molecule has 3 rings (SSSR count). The number of rotatable bonds is 4. The van der Waals surface area contributed by atoms with Gasteiger partial charge in [-0.3, -0.25) is 5.10 Å². The van der Waals surface area contributed by atoms with Crippen LogP contribution in [0.25, 0.3) is 0 Å². The number of allylic oxidation sites excluding steroid dienone is 1. The Balaban J connectivity index is 1.75. The molecule has 7 nitrogen and oxygen atoms in total. The Labute approximate surface area is 156 Å². The van der Waals surface area contributed by atoms with Crippen molar-refractivity contribution in [3.05, 3.63) is 23.7 Å². The van der Waals surface area contributed by atoms with Crippen LogP contribution in [0.2, 0.25) is 0 Å². The Kier molecular flexibility index (Phi) is 5.86. The van der Waals surface area contributed by atoms with Crippen LogP contribution in [0, 0.1) is 6.92 Å². The van der Waals surface area contributed by atoms with E-state index >= 15 is 0 Å². The van der Waals surface area contributed by atoms with E-state index in [0.29, 0.717) is 18.1 Å². The van der Waals surface area contributed by atoms with E-state index in [1.165, 1.54) is 32.1 Å². The lowest BCUT2D eigenvalue weighted by molar-refractivity contribution is 0.156. The Morgan fingerprint density at radius 1 is 1.27 bits per heavy atom. The smallest absolute Gasteiger partial charge is 0.202 e. The first-order valence-electron chi connectivity index (χ1n) is 9.66. The molecule has 3 heterocycles. The summed E-state index contributed by atoms with van der Waals surface area (Å²) < 4.78 is 0. The van der Waals surface area contributed by atoms with Gasteiger partial charge >= 0.3 is 0 Å². The molecule has 2 unspecified atom stereocenters. The summed E-state index contributed by atoms with van der Waals surface area (Å²) in [4.78, 5) is 9.36. The number of H-pyrrole nitrogens is 1. The average molecular weight is 360 g/mol. The summed E-state index contributed by atoms with van der Waals surface area (Å²) in [5, 5.41) is 14.3. The Bertz CT molecular complexity index is 649. The van der Waals surface area contributed by atoms with Crippen LogP contribution < -0.4 is 10.6 Å². The van der Waals surface area contributed by atoms with Crippen LogP contribution in [0.4, 0.5) is 5.82 Å². The molecule has 0 radical (unpaired) electrons. The number of hydrogen-bond donors (Lipinski definition) is 3. The van der Waals surface area contributed by atoms with E-state index in [9.17, 15) is 0 Å². The molecule has 2 atom stereocenters. The summed E-state index contributed by atoms with van der Waals surface area (Å²) in [5.41, 5.74) is 1.03. The number of aliphatic imine (C=N–C) groups is 1. The third-order valence-corrected chi connectivity index (χ3v) is 5.41. The Morgan fingerprint density at radius 3 is 2.50 bits per heavy atom. The number of anilines is 1. The monoisotopic (exact) mass is 359 g/mol. The minimum Gasteiger partial charge on any atom is -0.349 e. The predicted molar refractivity (Wildman–Crippen MR) is 107 cm³/mol. The van der Waals surface area contributed by atoms with E-state index in [2.05, 4.69) is 51.8 Å². The predicted octanol–water partition coefficient (Wildman–Crippen LogP) is 2.51. The molecule has 1 aromatic rings. The average Bonchev–Trinajstić information content (AvgIpc) is 3.02.